The van der Waals surface area contributed by atoms with E-state index in [2.05, 4.69) is 14.7 Å². The van der Waals surface area contributed by atoms with Crippen LogP contribution in [0.1, 0.15) is 0 Å². The lowest BCUT2D eigenvalue weighted by Gasteiger charge is -2.09. The number of nitrogens with two attached hydrogens (primary N) is 1. The van der Waals surface area contributed by atoms with E-state index in [1.165, 1.54) is 12.4 Å². The zero-order chi connectivity index (χ0) is 13.8. The highest BCUT2D eigenvalue weighted by Crippen LogP contribution is 2.34. The van der Waals surface area contributed by atoms with Gasteiger partial charge in [-0.15, -0.1) is 0 Å². The van der Waals surface area contributed by atoms with Gasteiger partial charge in [0.1, 0.15) is 0 Å². The number of aromatic nitrogens is 2. The van der Waals surface area contributed by atoms with Gasteiger partial charge in [-0.25, -0.2) is 14.4 Å². The highest BCUT2D eigenvalue weighted by Gasteiger charge is 2.14. The van der Waals surface area contributed by atoms with Crippen molar-refractivity contribution < 1.29 is 17.9 Å². The summed E-state index contributed by atoms with van der Waals surface area (Å²) >= 11 is 1.03. The average Bonchev–Trinajstić information content (AvgIpc) is 2.36. The number of nitrogens with zero attached hydrogens (tertiary/aromatic N) is 2. The maximum atomic E-state index is 13.4. The maximum absolute atomic E-state index is 13.4. The van der Waals surface area contributed by atoms with Gasteiger partial charge in [0.25, 0.3) is 0 Å². The minimum Gasteiger partial charge on any atom is -0.432 e. The van der Waals surface area contributed by atoms with E-state index in [1.54, 1.807) is 6.07 Å². The Hall–Kier alpha value is -1.96. The molecular weight excluding hydrogens is 279 g/mol. The van der Waals surface area contributed by atoms with Crippen molar-refractivity contribution in [1.82, 2.24) is 9.97 Å². The Morgan fingerprint density at radius 3 is 2.53 bits per heavy atom. The van der Waals surface area contributed by atoms with Crippen molar-refractivity contribution in [3.63, 3.8) is 0 Å². The first-order valence-corrected chi connectivity index (χ1v) is 5.86. The van der Waals surface area contributed by atoms with Crippen LogP contribution >= 0.6 is 11.8 Å². The van der Waals surface area contributed by atoms with Crippen molar-refractivity contribution in [2.45, 2.75) is 16.7 Å². The van der Waals surface area contributed by atoms with Crippen LogP contribution in [0.5, 0.6) is 5.75 Å². The molecule has 0 atom stereocenters. The first-order chi connectivity index (χ1) is 9.06. The number of hydrogen-bond acceptors (Lipinski definition) is 5. The zero-order valence-corrected chi connectivity index (χ0v) is 10.2. The number of rotatable bonds is 4. The smallest absolute Gasteiger partial charge is 0.387 e. The maximum Gasteiger partial charge on any atom is 0.387 e. The molecule has 0 aliphatic heterocycles. The minimum absolute atomic E-state index is 0.0940. The van der Waals surface area contributed by atoms with Gasteiger partial charge in [0.05, 0.1) is 0 Å². The van der Waals surface area contributed by atoms with E-state index < -0.39 is 18.2 Å². The van der Waals surface area contributed by atoms with Crippen molar-refractivity contribution >= 4 is 17.4 Å². The van der Waals surface area contributed by atoms with Gasteiger partial charge in [0.15, 0.2) is 16.7 Å². The Bertz CT molecular complexity index is 569. The minimum atomic E-state index is -3.11. The van der Waals surface area contributed by atoms with Crippen LogP contribution in [-0.2, 0) is 0 Å². The summed E-state index contributed by atoms with van der Waals surface area (Å²) in [5.41, 5.74) is 5.70. The normalized spacial score (nSPS) is 10.7. The van der Waals surface area contributed by atoms with Crippen LogP contribution in [-0.4, -0.2) is 16.6 Å². The molecule has 1 heterocycles. The predicted molar refractivity (Wildman–Crippen MR) is 63.6 cm³/mol. The van der Waals surface area contributed by atoms with Crippen LogP contribution in [0.3, 0.4) is 0 Å². The molecule has 0 amide bonds. The Kier molecular flexibility index (Phi) is 4.10. The number of anilines is 1. The van der Waals surface area contributed by atoms with Crippen molar-refractivity contribution in [1.29, 1.82) is 0 Å². The molecule has 19 heavy (non-hydrogen) atoms. The number of halogens is 3. The number of hydrogen-bond donors (Lipinski definition) is 1. The van der Waals surface area contributed by atoms with Crippen LogP contribution in [0.4, 0.5) is 18.9 Å². The summed E-state index contributed by atoms with van der Waals surface area (Å²) in [5.74, 6) is -1.52. The van der Waals surface area contributed by atoms with Gasteiger partial charge in [-0.1, -0.05) is 0 Å². The predicted octanol–water partition coefficient (Wildman–Crippen LogP) is 2.95. The summed E-state index contributed by atoms with van der Waals surface area (Å²) < 4.78 is 41.6. The Morgan fingerprint density at radius 2 is 1.89 bits per heavy atom. The number of nitrogen functional groups attached to an aromatic ring is 1. The molecule has 2 N–H and O–H groups in total. The zero-order valence-electron chi connectivity index (χ0n) is 9.39. The molecule has 0 saturated heterocycles. The molecule has 4 nitrogen and oxygen atoms in total. The second-order valence-corrected chi connectivity index (χ2v) is 4.34. The van der Waals surface area contributed by atoms with E-state index in [-0.39, 0.29) is 5.69 Å². The molecule has 0 saturated carbocycles. The third kappa shape index (κ3) is 3.50. The van der Waals surface area contributed by atoms with E-state index in [0.29, 0.717) is 10.1 Å². The summed E-state index contributed by atoms with van der Waals surface area (Å²) in [5, 5.41) is 0.365. The summed E-state index contributed by atoms with van der Waals surface area (Å²) in [6, 6.07) is 3.64. The van der Waals surface area contributed by atoms with Gasteiger partial charge in [0, 0.05) is 29.0 Å². The van der Waals surface area contributed by atoms with E-state index in [9.17, 15) is 13.2 Å². The molecule has 0 unspecified atom stereocenters. The fraction of sp³-hybridized carbons (Fsp3) is 0.0909. The standard InChI is InChI=1S/C11H8F3N3OS/c12-6-4-7(15)9(5-8(6)18-10(13)14)19-11-16-2-1-3-17-11/h1-5,10H,15H2. The summed E-state index contributed by atoms with van der Waals surface area (Å²) in [7, 11) is 0. The van der Waals surface area contributed by atoms with Gasteiger partial charge in [-0.2, -0.15) is 8.78 Å². The second-order valence-electron chi connectivity index (χ2n) is 3.33. The molecule has 0 aliphatic rings. The average molecular weight is 287 g/mol. The Morgan fingerprint density at radius 1 is 1.21 bits per heavy atom. The topological polar surface area (TPSA) is 61.0 Å². The fourth-order valence-electron chi connectivity index (χ4n) is 1.26. The van der Waals surface area contributed by atoms with Crippen LogP contribution in [0.2, 0.25) is 0 Å². The summed E-state index contributed by atoms with van der Waals surface area (Å²) in [6.07, 6.45) is 3.04. The lowest BCUT2D eigenvalue weighted by molar-refractivity contribution is -0.0523. The Balaban J connectivity index is 2.29. The van der Waals surface area contributed by atoms with Crippen molar-refractivity contribution in [2.75, 3.05) is 5.73 Å². The van der Waals surface area contributed by atoms with E-state index in [1.807, 2.05) is 0 Å². The molecule has 0 bridgehead atoms. The van der Waals surface area contributed by atoms with Gasteiger partial charge >= 0.3 is 6.61 Å². The third-order valence-electron chi connectivity index (χ3n) is 2.02. The summed E-state index contributed by atoms with van der Waals surface area (Å²) in [4.78, 5) is 8.22. The van der Waals surface area contributed by atoms with Crippen LogP contribution in [0, 0.1) is 5.82 Å². The molecule has 100 valence electrons. The lowest BCUT2D eigenvalue weighted by Crippen LogP contribution is -2.04. The van der Waals surface area contributed by atoms with Crippen LogP contribution in [0.15, 0.2) is 40.6 Å². The molecule has 0 aliphatic carbocycles. The SMILES string of the molecule is Nc1cc(F)c(OC(F)F)cc1Sc1ncccn1. The van der Waals surface area contributed by atoms with Gasteiger partial charge < -0.3 is 10.5 Å². The van der Waals surface area contributed by atoms with Gasteiger partial charge in [-0.3, -0.25) is 0 Å². The first kappa shape index (κ1) is 13.5. The molecule has 0 spiro atoms. The number of ether oxygens (including phenoxy) is 1. The van der Waals surface area contributed by atoms with Crippen molar-refractivity contribution in [2.24, 2.45) is 0 Å². The van der Waals surface area contributed by atoms with Gasteiger partial charge in [-0.05, 0) is 23.9 Å². The van der Waals surface area contributed by atoms with Crippen LogP contribution < -0.4 is 10.5 Å². The quantitative estimate of drug-likeness (QED) is 0.692. The molecule has 1 aromatic heterocycles. The van der Waals surface area contributed by atoms with Crippen molar-refractivity contribution in [3.05, 3.63) is 36.4 Å². The molecule has 2 aromatic rings. The summed E-state index contributed by atoms with van der Waals surface area (Å²) in [6.45, 7) is -3.11. The first-order valence-electron chi connectivity index (χ1n) is 5.05. The molecular formula is C11H8F3N3OS. The van der Waals surface area contributed by atoms with E-state index in [0.717, 1.165) is 23.9 Å². The van der Waals surface area contributed by atoms with Crippen LogP contribution in [0.25, 0.3) is 0 Å². The van der Waals surface area contributed by atoms with Gasteiger partial charge in [0.2, 0.25) is 0 Å². The molecule has 0 fully saturated rings. The highest BCUT2D eigenvalue weighted by molar-refractivity contribution is 7.99. The fourth-order valence-corrected chi connectivity index (χ4v) is 2.03. The number of alkyl halides is 2. The molecule has 2 rings (SSSR count). The van der Waals surface area contributed by atoms with E-state index in [4.69, 9.17) is 5.73 Å². The Labute approximate surface area is 110 Å². The third-order valence-corrected chi connectivity index (χ3v) is 2.99. The molecule has 1 aromatic carbocycles. The highest BCUT2D eigenvalue weighted by atomic mass is 32.2. The molecule has 8 heteroatoms. The van der Waals surface area contributed by atoms with Crippen molar-refractivity contribution in [3.8, 4) is 5.75 Å². The largest absolute Gasteiger partial charge is 0.432 e. The molecule has 0 radical (unpaired) electrons. The monoisotopic (exact) mass is 287 g/mol. The lowest BCUT2D eigenvalue weighted by atomic mass is 10.3. The van der Waals surface area contributed by atoms with E-state index >= 15 is 0 Å². The second kappa shape index (κ2) is 5.79. The number of benzene rings is 1.